The normalized spacial score (nSPS) is 35.3. The minimum absolute atomic E-state index is 0.188. The van der Waals surface area contributed by atoms with Crippen LogP contribution in [0.3, 0.4) is 0 Å². The highest BCUT2D eigenvalue weighted by molar-refractivity contribution is 5.40. The van der Waals surface area contributed by atoms with Gasteiger partial charge in [-0.25, -0.2) is 0 Å². The van der Waals surface area contributed by atoms with Crippen LogP contribution in [-0.4, -0.2) is 0 Å². The lowest BCUT2D eigenvalue weighted by atomic mass is 9.64. The smallest absolute Gasteiger partial charge is 0.00908 e. The van der Waals surface area contributed by atoms with Gasteiger partial charge in [0.15, 0.2) is 0 Å². The fourth-order valence-electron chi connectivity index (χ4n) is 8.88. The highest BCUT2D eigenvalue weighted by Crippen LogP contribution is 2.63. The van der Waals surface area contributed by atoms with Gasteiger partial charge in [0, 0.05) is 0 Å². The molecular formula is C39H56. The molecule has 2 saturated carbocycles. The molecule has 8 atom stereocenters. The van der Waals surface area contributed by atoms with Crippen LogP contribution in [0.4, 0.5) is 0 Å². The second kappa shape index (κ2) is 10.2. The maximum absolute atomic E-state index is 2.71. The molecule has 212 valence electrons. The number of benzene rings is 1. The lowest BCUT2D eigenvalue weighted by Crippen LogP contribution is -2.32. The maximum Gasteiger partial charge on any atom is -0.00908 e. The van der Waals surface area contributed by atoms with E-state index in [2.05, 4.69) is 136 Å². The Hall–Kier alpha value is -1.82. The van der Waals surface area contributed by atoms with Gasteiger partial charge >= 0.3 is 0 Å². The van der Waals surface area contributed by atoms with Crippen LogP contribution in [0.15, 0.2) is 77.9 Å². The van der Waals surface area contributed by atoms with Crippen LogP contribution in [0.1, 0.15) is 100.0 Å². The summed E-state index contributed by atoms with van der Waals surface area (Å²) in [6.07, 6.45) is 19.9. The summed E-state index contributed by atoms with van der Waals surface area (Å²) in [6.45, 7) is 24.2. The third-order valence-electron chi connectivity index (χ3n) is 11.3. The van der Waals surface area contributed by atoms with E-state index in [1.165, 1.54) is 30.4 Å². The first kappa shape index (κ1) is 28.7. The standard InChI is InChI=1S/C39H56/c1-11-25-21-29(39(8,9)10)24-32(25)35(26-15-13-12-14-16-26)36-30-19-17-27(37(2,3)4)22-33(30)34-23-28(38(5,6)7)18-20-31(34)36/h12-20,22-23,25,29-36H,11,21,24H2,1-10H3. The van der Waals surface area contributed by atoms with Gasteiger partial charge in [0.25, 0.3) is 0 Å². The summed E-state index contributed by atoms with van der Waals surface area (Å²) in [5.74, 6) is 6.02. The minimum Gasteiger partial charge on any atom is -0.0802 e. The molecule has 0 nitrogen and oxygen atoms in total. The largest absolute Gasteiger partial charge is 0.0802 e. The van der Waals surface area contributed by atoms with Crippen molar-refractivity contribution in [3.8, 4) is 0 Å². The van der Waals surface area contributed by atoms with Crippen molar-refractivity contribution in [2.45, 2.75) is 94.4 Å². The van der Waals surface area contributed by atoms with Gasteiger partial charge in [0.05, 0.1) is 0 Å². The van der Waals surface area contributed by atoms with Crippen molar-refractivity contribution in [3.05, 3.63) is 83.5 Å². The highest BCUT2D eigenvalue weighted by Gasteiger charge is 2.55. The summed E-state index contributed by atoms with van der Waals surface area (Å²) in [5, 5.41) is 0. The van der Waals surface area contributed by atoms with E-state index in [1.54, 1.807) is 5.56 Å². The Labute approximate surface area is 241 Å². The zero-order valence-corrected chi connectivity index (χ0v) is 26.7. The molecule has 0 aromatic heterocycles. The molecule has 0 heteroatoms. The van der Waals surface area contributed by atoms with Crippen LogP contribution in [0.5, 0.6) is 0 Å². The van der Waals surface area contributed by atoms with Gasteiger partial charge in [-0.3, -0.25) is 0 Å². The molecule has 8 unspecified atom stereocenters. The van der Waals surface area contributed by atoms with Crippen LogP contribution in [0.25, 0.3) is 0 Å². The first-order chi connectivity index (χ1) is 18.2. The van der Waals surface area contributed by atoms with Crippen LogP contribution in [-0.2, 0) is 0 Å². The first-order valence-electron chi connectivity index (χ1n) is 16.1. The molecule has 0 radical (unpaired) electrons. The SMILES string of the molecule is CCC1CC(C(C)(C)C)CC1C(c1ccccc1)C1C2C=CC(C(C)(C)C)=CC2C2C=C(C(C)(C)C)C=CC21. The molecule has 4 aliphatic carbocycles. The van der Waals surface area contributed by atoms with Crippen molar-refractivity contribution in [1.29, 1.82) is 0 Å². The van der Waals surface area contributed by atoms with Gasteiger partial charge in [-0.05, 0) is 99.1 Å². The Morgan fingerprint density at radius 1 is 0.692 bits per heavy atom. The average molecular weight is 525 g/mol. The molecular weight excluding hydrogens is 468 g/mol. The number of hydrogen-bond donors (Lipinski definition) is 0. The Morgan fingerprint density at radius 2 is 1.21 bits per heavy atom. The van der Waals surface area contributed by atoms with E-state index in [-0.39, 0.29) is 10.8 Å². The molecule has 0 amide bonds. The van der Waals surface area contributed by atoms with Crippen LogP contribution in [0, 0.1) is 63.6 Å². The maximum atomic E-state index is 2.71. The topological polar surface area (TPSA) is 0 Å². The van der Waals surface area contributed by atoms with E-state index in [1.807, 2.05) is 0 Å². The highest BCUT2D eigenvalue weighted by atomic mass is 14.6. The number of fused-ring (bicyclic) bond motifs is 3. The van der Waals surface area contributed by atoms with Crippen molar-refractivity contribution in [3.63, 3.8) is 0 Å². The summed E-state index contributed by atoms with van der Waals surface area (Å²) >= 11 is 0. The quantitative estimate of drug-likeness (QED) is 0.367. The molecule has 39 heavy (non-hydrogen) atoms. The summed E-state index contributed by atoms with van der Waals surface area (Å²) in [4.78, 5) is 0. The first-order valence-corrected chi connectivity index (χ1v) is 16.1. The van der Waals surface area contributed by atoms with Crippen LogP contribution < -0.4 is 0 Å². The van der Waals surface area contributed by atoms with E-state index in [9.17, 15) is 0 Å². The molecule has 5 rings (SSSR count). The Morgan fingerprint density at radius 3 is 1.64 bits per heavy atom. The average Bonchev–Trinajstić information content (AvgIpc) is 3.43. The summed E-state index contributed by atoms with van der Waals surface area (Å²) < 4.78 is 0. The zero-order chi connectivity index (χ0) is 28.3. The fourth-order valence-corrected chi connectivity index (χ4v) is 8.88. The van der Waals surface area contributed by atoms with Crippen molar-refractivity contribution >= 4 is 0 Å². The number of allylic oxidation sites excluding steroid dienone is 8. The van der Waals surface area contributed by atoms with E-state index in [0.717, 1.165) is 17.8 Å². The molecule has 1 aromatic carbocycles. The van der Waals surface area contributed by atoms with Gasteiger partial charge < -0.3 is 0 Å². The molecule has 0 aliphatic heterocycles. The predicted molar refractivity (Wildman–Crippen MR) is 169 cm³/mol. The second-order valence-electron chi connectivity index (χ2n) is 16.7. The number of rotatable bonds is 4. The third-order valence-corrected chi connectivity index (χ3v) is 11.3. The van der Waals surface area contributed by atoms with Gasteiger partial charge in [-0.1, -0.05) is 142 Å². The summed E-state index contributed by atoms with van der Waals surface area (Å²) in [7, 11) is 0. The zero-order valence-electron chi connectivity index (χ0n) is 26.7. The van der Waals surface area contributed by atoms with Gasteiger partial charge in [0.1, 0.15) is 0 Å². The van der Waals surface area contributed by atoms with Crippen molar-refractivity contribution < 1.29 is 0 Å². The summed E-state index contributed by atoms with van der Waals surface area (Å²) in [5.41, 5.74) is 5.41. The molecule has 0 saturated heterocycles. The van der Waals surface area contributed by atoms with Gasteiger partial charge in [-0.2, -0.15) is 0 Å². The van der Waals surface area contributed by atoms with E-state index in [0.29, 0.717) is 40.9 Å². The van der Waals surface area contributed by atoms with Crippen molar-refractivity contribution in [1.82, 2.24) is 0 Å². The third kappa shape index (κ3) is 5.44. The lowest BCUT2D eigenvalue weighted by molar-refractivity contribution is 0.190. The Balaban J connectivity index is 1.63. The minimum atomic E-state index is 0.188. The molecule has 0 spiro atoms. The Bertz CT molecular complexity index is 1080. The number of hydrogen-bond acceptors (Lipinski definition) is 0. The van der Waals surface area contributed by atoms with Gasteiger partial charge in [-0.15, -0.1) is 0 Å². The van der Waals surface area contributed by atoms with Gasteiger partial charge in [0.2, 0.25) is 0 Å². The molecule has 0 N–H and O–H groups in total. The molecule has 4 aliphatic rings. The molecule has 2 fully saturated rings. The summed E-state index contributed by atoms with van der Waals surface area (Å²) in [6, 6.07) is 11.7. The Kier molecular flexibility index (Phi) is 7.52. The lowest BCUT2D eigenvalue weighted by Gasteiger charge is -2.40. The monoisotopic (exact) mass is 524 g/mol. The van der Waals surface area contributed by atoms with E-state index >= 15 is 0 Å². The predicted octanol–water partition coefficient (Wildman–Crippen LogP) is 11.0. The molecule has 0 heterocycles. The van der Waals surface area contributed by atoms with Crippen molar-refractivity contribution in [2.24, 2.45) is 63.6 Å². The van der Waals surface area contributed by atoms with Crippen LogP contribution >= 0.6 is 0 Å². The molecule has 0 bridgehead atoms. The fraction of sp³-hybridized carbons (Fsp3) is 0.641. The van der Waals surface area contributed by atoms with E-state index in [4.69, 9.17) is 0 Å². The second-order valence-corrected chi connectivity index (χ2v) is 16.7. The molecule has 1 aromatic rings. The van der Waals surface area contributed by atoms with Crippen molar-refractivity contribution in [2.75, 3.05) is 0 Å². The van der Waals surface area contributed by atoms with E-state index < -0.39 is 0 Å². The van der Waals surface area contributed by atoms with Crippen LogP contribution in [0.2, 0.25) is 0 Å².